The number of ether oxygens (including phenoxy) is 1. The van der Waals surface area contributed by atoms with Crippen molar-refractivity contribution in [3.8, 4) is 5.88 Å². The van der Waals surface area contributed by atoms with E-state index in [9.17, 15) is 4.79 Å². The van der Waals surface area contributed by atoms with E-state index < -0.39 is 0 Å². The molecular formula is C14H13N4O2+. The maximum absolute atomic E-state index is 12.0. The van der Waals surface area contributed by atoms with Gasteiger partial charge in [-0.3, -0.25) is 0 Å². The van der Waals surface area contributed by atoms with Crippen LogP contribution in [0.2, 0.25) is 0 Å². The summed E-state index contributed by atoms with van der Waals surface area (Å²) in [6, 6.07) is 7.04. The highest BCUT2D eigenvalue weighted by Crippen LogP contribution is 2.05. The minimum Gasteiger partial charge on any atom is -0.465 e. The van der Waals surface area contributed by atoms with Crippen LogP contribution in [-0.2, 0) is 6.54 Å². The zero-order valence-corrected chi connectivity index (χ0v) is 10.9. The van der Waals surface area contributed by atoms with Gasteiger partial charge in [-0.25, -0.2) is 14.8 Å². The maximum Gasteiger partial charge on any atom is 0.346 e. The third kappa shape index (κ3) is 2.11. The first-order valence-corrected chi connectivity index (χ1v) is 6.12. The smallest absolute Gasteiger partial charge is 0.346 e. The van der Waals surface area contributed by atoms with Crippen molar-refractivity contribution in [2.24, 2.45) is 0 Å². The fraction of sp³-hybridized carbons (Fsp3) is 0.143. The van der Waals surface area contributed by atoms with Crippen LogP contribution in [0, 0.1) is 0 Å². The van der Waals surface area contributed by atoms with Crippen molar-refractivity contribution in [3.05, 3.63) is 65.1 Å². The largest absolute Gasteiger partial charge is 0.465 e. The second-order valence-electron chi connectivity index (χ2n) is 4.29. The monoisotopic (exact) mass is 269 g/mol. The number of nitrogens with zero attached hydrogens (tertiary/aromatic N) is 4. The lowest BCUT2D eigenvalue weighted by Gasteiger charge is -2.08. The fourth-order valence-electron chi connectivity index (χ4n) is 2.13. The molecule has 0 bridgehead atoms. The zero-order valence-electron chi connectivity index (χ0n) is 10.9. The van der Waals surface area contributed by atoms with E-state index in [1.54, 1.807) is 30.1 Å². The predicted molar refractivity (Wildman–Crippen MR) is 71.5 cm³/mol. The number of rotatable bonds is 3. The third-order valence-electron chi connectivity index (χ3n) is 3.03. The molecule has 0 aliphatic rings. The molecule has 6 heteroatoms. The van der Waals surface area contributed by atoms with Gasteiger partial charge in [0.1, 0.15) is 18.9 Å². The molecule has 100 valence electrons. The van der Waals surface area contributed by atoms with E-state index in [1.165, 1.54) is 12.4 Å². The van der Waals surface area contributed by atoms with Gasteiger partial charge in [0, 0.05) is 24.0 Å². The molecule has 0 saturated carbocycles. The average molecular weight is 269 g/mol. The molecule has 0 aromatic carbocycles. The van der Waals surface area contributed by atoms with Crippen LogP contribution in [0.4, 0.5) is 0 Å². The zero-order chi connectivity index (χ0) is 13.9. The van der Waals surface area contributed by atoms with Crippen LogP contribution in [0.5, 0.6) is 5.88 Å². The lowest BCUT2D eigenvalue weighted by atomic mass is 10.3. The third-order valence-corrected chi connectivity index (χ3v) is 3.03. The van der Waals surface area contributed by atoms with Gasteiger partial charge in [0.25, 0.3) is 11.5 Å². The summed E-state index contributed by atoms with van der Waals surface area (Å²) >= 11 is 0. The number of hydrogen-bond acceptors (Lipinski definition) is 4. The van der Waals surface area contributed by atoms with Gasteiger partial charge in [0.15, 0.2) is 0 Å². The van der Waals surface area contributed by atoms with Gasteiger partial charge in [0.05, 0.1) is 13.3 Å². The molecule has 3 aromatic rings. The van der Waals surface area contributed by atoms with Crippen LogP contribution in [0.1, 0.15) is 5.56 Å². The van der Waals surface area contributed by atoms with Gasteiger partial charge in [-0.2, -0.15) is 8.97 Å². The van der Waals surface area contributed by atoms with E-state index in [2.05, 4.69) is 9.97 Å². The molecule has 0 aliphatic heterocycles. The quantitative estimate of drug-likeness (QED) is 0.647. The molecule has 0 aliphatic carbocycles. The van der Waals surface area contributed by atoms with E-state index in [0.717, 1.165) is 11.2 Å². The Morgan fingerprint density at radius 1 is 1.30 bits per heavy atom. The highest BCUT2D eigenvalue weighted by Gasteiger charge is 2.17. The molecule has 0 amide bonds. The highest BCUT2D eigenvalue weighted by molar-refractivity contribution is 5.32. The summed E-state index contributed by atoms with van der Waals surface area (Å²) < 4.78 is 8.79. The predicted octanol–water partition coefficient (Wildman–Crippen LogP) is 0.434. The van der Waals surface area contributed by atoms with Crippen molar-refractivity contribution in [1.29, 1.82) is 0 Å². The second-order valence-corrected chi connectivity index (χ2v) is 4.29. The van der Waals surface area contributed by atoms with E-state index in [-0.39, 0.29) is 5.56 Å². The summed E-state index contributed by atoms with van der Waals surface area (Å²) in [6.45, 7) is 0.526. The first kappa shape index (κ1) is 12.3. The maximum atomic E-state index is 12.0. The second kappa shape index (κ2) is 5.08. The Labute approximate surface area is 114 Å². The Bertz CT molecular complexity index is 799. The number of pyridine rings is 1. The molecule has 0 spiro atoms. The standard InChI is InChI=1S/C14H13N4O2/c1-20-14-6-13(19)17-5-3-2-4-12(17)18(14)9-11-7-15-10-16-8-11/h2-8,10H,9H2,1H3/q+1. The Balaban J connectivity index is 2.22. The Hall–Kier alpha value is -2.76. The number of hydrogen-bond donors (Lipinski definition) is 0. The summed E-state index contributed by atoms with van der Waals surface area (Å²) in [5.74, 6) is 0.505. The molecule has 0 saturated heterocycles. The van der Waals surface area contributed by atoms with E-state index >= 15 is 0 Å². The molecule has 3 rings (SSSR count). The Morgan fingerprint density at radius 2 is 2.10 bits per heavy atom. The van der Waals surface area contributed by atoms with Crippen molar-refractivity contribution >= 4 is 5.65 Å². The van der Waals surface area contributed by atoms with Gasteiger partial charge in [-0.05, 0) is 6.07 Å². The topological polar surface area (TPSA) is 60.4 Å². The van der Waals surface area contributed by atoms with Crippen LogP contribution in [-0.4, -0.2) is 21.5 Å². The van der Waals surface area contributed by atoms with E-state index in [0.29, 0.717) is 12.4 Å². The molecule has 6 nitrogen and oxygen atoms in total. The Morgan fingerprint density at radius 3 is 2.85 bits per heavy atom. The minimum absolute atomic E-state index is 0.127. The first-order chi connectivity index (χ1) is 9.79. The first-order valence-electron chi connectivity index (χ1n) is 6.12. The Kier molecular flexibility index (Phi) is 3.12. The van der Waals surface area contributed by atoms with E-state index in [4.69, 9.17) is 4.74 Å². The molecule has 0 fully saturated rings. The molecule has 0 unspecified atom stereocenters. The summed E-state index contributed by atoms with van der Waals surface area (Å²) in [7, 11) is 1.55. The molecule has 3 aromatic heterocycles. The van der Waals surface area contributed by atoms with Gasteiger partial charge in [-0.15, -0.1) is 0 Å². The molecule has 0 radical (unpaired) electrons. The summed E-state index contributed by atoms with van der Waals surface area (Å²) in [4.78, 5) is 20.0. The SMILES string of the molecule is COc1cc(=O)n2ccccc2[n+]1Cc1cncnc1. The number of aromatic nitrogens is 4. The highest BCUT2D eigenvalue weighted by atomic mass is 16.5. The average Bonchev–Trinajstić information content (AvgIpc) is 2.51. The molecule has 20 heavy (non-hydrogen) atoms. The van der Waals surface area contributed by atoms with E-state index in [1.807, 2.05) is 22.8 Å². The molecule has 0 atom stereocenters. The van der Waals surface area contributed by atoms with Crippen molar-refractivity contribution in [3.63, 3.8) is 0 Å². The fourth-order valence-corrected chi connectivity index (χ4v) is 2.13. The summed E-state index contributed by atoms with van der Waals surface area (Å²) in [5.41, 5.74) is 1.55. The van der Waals surface area contributed by atoms with Crippen molar-refractivity contribution in [2.75, 3.05) is 7.11 Å². The normalized spacial score (nSPS) is 10.7. The number of methoxy groups -OCH3 is 1. The minimum atomic E-state index is -0.127. The summed E-state index contributed by atoms with van der Waals surface area (Å²) in [5, 5.41) is 0. The van der Waals surface area contributed by atoms with Gasteiger partial charge < -0.3 is 4.74 Å². The van der Waals surface area contributed by atoms with Crippen LogP contribution in [0.15, 0.2) is 54.0 Å². The van der Waals surface area contributed by atoms with Crippen molar-refractivity contribution in [1.82, 2.24) is 14.4 Å². The summed E-state index contributed by atoms with van der Waals surface area (Å²) in [6.07, 6.45) is 6.70. The number of fused-ring (bicyclic) bond motifs is 1. The van der Waals surface area contributed by atoms with Gasteiger partial charge >= 0.3 is 5.56 Å². The lowest BCUT2D eigenvalue weighted by Crippen LogP contribution is -2.41. The van der Waals surface area contributed by atoms with Crippen molar-refractivity contribution in [2.45, 2.75) is 6.54 Å². The van der Waals surface area contributed by atoms with Crippen LogP contribution >= 0.6 is 0 Å². The van der Waals surface area contributed by atoms with Gasteiger partial charge in [-0.1, -0.05) is 6.07 Å². The molecular weight excluding hydrogens is 256 g/mol. The van der Waals surface area contributed by atoms with Crippen LogP contribution in [0.3, 0.4) is 0 Å². The molecule has 0 N–H and O–H groups in total. The van der Waals surface area contributed by atoms with Crippen LogP contribution in [0.25, 0.3) is 5.65 Å². The molecule has 3 heterocycles. The van der Waals surface area contributed by atoms with Gasteiger partial charge in [0.2, 0.25) is 0 Å². The van der Waals surface area contributed by atoms with Crippen LogP contribution < -0.4 is 14.9 Å². The van der Waals surface area contributed by atoms with Crippen molar-refractivity contribution < 1.29 is 9.30 Å². The lowest BCUT2D eigenvalue weighted by molar-refractivity contribution is -0.671.